The van der Waals surface area contributed by atoms with E-state index >= 15 is 0 Å². The lowest BCUT2D eigenvalue weighted by Gasteiger charge is -2.09. The van der Waals surface area contributed by atoms with Crippen LogP contribution in [0.25, 0.3) is 0 Å². The standard InChI is InChI=1S/C18H19NO2/c1-12-5-8-16(19)10-17(12)18(20)21-11-13-6-7-14-3-2-4-15(14)9-13/h5-10H,2-4,11,19H2,1H3. The molecule has 3 rings (SSSR count). The van der Waals surface area contributed by atoms with Gasteiger partial charge in [0.1, 0.15) is 6.61 Å². The molecule has 3 heteroatoms. The van der Waals surface area contributed by atoms with E-state index in [-0.39, 0.29) is 5.97 Å². The summed E-state index contributed by atoms with van der Waals surface area (Å²) in [4.78, 5) is 12.1. The predicted octanol–water partition coefficient (Wildman–Crippen LogP) is 3.42. The summed E-state index contributed by atoms with van der Waals surface area (Å²) in [6.07, 6.45) is 3.52. The molecule has 3 nitrogen and oxygen atoms in total. The lowest BCUT2D eigenvalue weighted by atomic mass is 10.1. The van der Waals surface area contributed by atoms with Crippen molar-refractivity contribution < 1.29 is 9.53 Å². The van der Waals surface area contributed by atoms with Crippen molar-refractivity contribution in [2.75, 3.05) is 5.73 Å². The second-order valence-electron chi connectivity index (χ2n) is 5.61. The Kier molecular flexibility index (Phi) is 3.65. The smallest absolute Gasteiger partial charge is 0.338 e. The molecule has 0 radical (unpaired) electrons. The number of nitrogens with two attached hydrogens (primary N) is 1. The molecule has 2 aromatic rings. The van der Waals surface area contributed by atoms with Crippen LogP contribution in [-0.4, -0.2) is 5.97 Å². The fourth-order valence-electron chi connectivity index (χ4n) is 2.80. The van der Waals surface area contributed by atoms with E-state index < -0.39 is 0 Å². The molecule has 2 N–H and O–H groups in total. The summed E-state index contributed by atoms with van der Waals surface area (Å²) in [5.74, 6) is -0.319. The van der Waals surface area contributed by atoms with E-state index in [9.17, 15) is 4.79 Å². The summed E-state index contributed by atoms with van der Waals surface area (Å²) in [5, 5.41) is 0. The highest BCUT2D eigenvalue weighted by molar-refractivity contribution is 5.92. The molecule has 1 aliphatic rings. The highest BCUT2D eigenvalue weighted by atomic mass is 16.5. The van der Waals surface area contributed by atoms with E-state index in [4.69, 9.17) is 10.5 Å². The Morgan fingerprint density at radius 2 is 1.95 bits per heavy atom. The first-order valence-electron chi connectivity index (χ1n) is 7.27. The molecular weight excluding hydrogens is 262 g/mol. The van der Waals surface area contributed by atoms with Gasteiger partial charge in [-0.2, -0.15) is 0 Å². The Hall–Kier alpha value is -2.29. The minimum absolute atomic E-state index is 0.306. The molecule has 0 fully saturated rings. The number of carbonyl (C=O) groups is 1. The second kappa shape index (κ2) is 5.60. The molecule has 21 heavy (non-hydrogen) atoms. The number of aryl methyl sites for hydroxylation is 3. The summed E-state index contributed by atoms with van der Waals surface area (Å²) in [7, 11) is 0. The molecule has 0 amide bonds. The quantitative estimate of drug-likeness (QED) is 0.692. The molecular formula is C18H19NO2. The van der Waals surface area contributed by atoms with Gasteiger partial charge in [0, 0.05) is 5.69 Å². The average molecular weight is 281 g/mol. The molecule has 0 atom stereocenters. The summed E-state index contributed by atoms with van der Waals surface area (Å²) < 4.78 is 5.42. The SMILES string of the molecule is Cc1ccc(N)cc1C(=O)OCc1ccc2c(c1)CCC2. The van der Waals surface area contributed by atoms with Crippen molar-refractivity contribution in [3.63, 3.8) is 0 Å². The molecule has 2 aromatic carbocycles. The van der Waals surface area contributed by atoms with Crippen molar-refractivity contribution in [2.45, 2.75) is 32.8 Å². The van der Waals surface area contributed by atoms with E-state index in [1.165, 1.54) is 17.5 Å². The topological polar surface area (TPSA) is 52.3 Å². The summed E-state index contributed by atoms with van der Waals surface area (Å²) >= 11 is 0. The van der Waals surface area contributed by atoms with Crippen LogP contribution < -0.4 is 5.73 Å². The minimum Gasteiger partial charge on any atom is -0.457 e. The first-order valence-corrected chi connectivity index (χ1v) is 7.27. The molecule has 1 aliphatic carbocycles. The van der Waals surface area contributed by atoms with Crippen LogP contribution in [0.15, 0.2) is 36.4 Å². The molecule has 0 saturated heterocycles. The zero-order chi connectivity index (χ0) is 14.8. The van der Waals surface area contributed by atoms with Crippen LogP contribution in [0.4, 0.5) is 5.69 Å². The van der Waals surface area contributed by atoms with E-state index in [0.29, 0.717) is 17.9 Å². The van der Waals surface area contributed by atoms with E-state index in [1.807, 2.05) is 19.1 Å². The maximum Gasteiger partial charge on any atom is 0.338 e. The molecule has 0 spiro atoms. The van der Waals surface area contributed by atoms with Crippen molar-refractivity contribution in [1.29, 1.82) is 0 Å². The highest BCUT2D eigenvalue weighted by Crippen LogP contribution is 2.23. The molecule has 0 aromatic heterocycles. The third kappa shape index (κ3) is 2.92. The molecule has 0 saturated carbocycles. The van der Waals surface area contributed by atoms with Gasteiger partial charge in [0.25, 0.3) is 0 Å². The Balaban J connectivity index is 1.70. The Morgan fingerprint density at radius 3 is 2.81 bits per heavy atom. The average Bonchev–Trinajstić information content (AvgIpc) is 2.94. The monoisotopic (exact) mass is 281 g/mol. The summed E-state index contributed by atoms with van der Waals surface area (Å²) in [6, 6.07) is 11.6. The van der Waals surface area contributed by atoms with Crippen LogP contribution in [-0.2, 0) is 24.2 Å². The van der Waals surface area contributed by atoms with Gasteiger partial charge in [0.05, 0.1) is 5.56 Å². The third-order valence-electron chi connectivity index (χ3n) is 4.01. The first kappa shape index (κ1) is 13.7. The van der Waals surface area contributed by atoms with Gasteiger partial charge < -0.3 is 10.5 Å². The van der Waals surface area contributed by atoms with E-state index in [0.717, 1.165) is 24.0 Å². The Bertz CT molecular complexity index is 692. The fraction of sp³-hybridized carbons (Fsp3) is 0.278. The predicted molar refractivity (Wildman–Crippen MR) is 83.2 cm³/mol. The van der Waals surface area contributed by atoms with Crippen LogP contribution in [0.2, 0.25) is 0 Å². The van der Waals surface area contributed by atoms with Gasteiger partial charge >= 0.3 is 5.97 Å². The molecule has 0 aliphatic heterocycles. The van der Waals surface area contributed by atoms with Gasteiger partial charge in [-0.25, -0.2) is 4.79 Å². The number of anilines is 1. The van der Waals surface area contributed by atoms with Gasteiger partial charge in [0.15, 0.2) is 0 Å². The summed E-state index contributed by atoms with van der Waals surface area (Å²) in [5.41, 5.74) is 11.6. The molecule has 0 heterocycles. The first-order chi connectivity index (χ1) is 10.1. The number of fused-ring (bicyclic) bond motifs is 1. The van der Waals surface area contributed by atoms with Crippen molar-refractivity contribution in [3.8, 4) is 0 Å². The second-order valence-corrected chi connectivity index (χ2v) is 5.61. The van der Waals surface area contributed by atoms with E-state index in [1.54, 1.807) is 12.1 Å². The van der Waals surface area contributed by atoms with Crippen molar-refractivity contribution in [2.24, 2.45) is 0 Å². The van der Waals surface area contributed by atoms with Crippen LogP contribution in [0.3, 0.4) is 0 Å². The number of esters is 1. The number of benzene rings is 2. The van der Waals surface area contributed by atoms with Crippen molar-refractivity contribution in [1.82, 2.24) is 0 Å². The zero-order valence-electron chi connectivity index (χ0n) is 12.2. The maximum atomic E-state index is 12.1. The summed E-state index contributed by atoms with van der Waals surface area (Å²) in [6.45, 7) is 2.19. The zero-order valence-corrected chi connectivity index (χ0v) is 12.2. The maximum absolute atomic E-state index is 12.1. The Labute approximate surface area is 124 Å². The van der Waals surface area contributed by atoms with Gasteiger partial charge in [0.2, 0.25) is 0 Å². The largest absolute Gasteiger partial charge is 0.457 e. The van der Waals surface area contributed by atoms with Gasteiger partial charge in [-0.15, -0.1) is 0 Å². The number of carbonyl (C=O) groups excluding carboxylic acids is 1. The van der Waals surface area contributed by atoms with Crippen molar-refractivity contribution >= 4 is 11.7 Å². The normalized spacial score (nSPS) is 13.0. The lowest BCUT2D eigenvalue weighted by Crippen LogP contribution is -2.08. The number of hydrogen-bond acceptors (Lipinski definition) is 3. The van der Waals surface area contributed by atoms with Gasteiger partial charge in [-0.1, -0.05) is 24.3 Å². The molecule has 0 bridgehead atoms. The highest BCUT2D eigenvalue weighted by Gasteiger charge is 2.13. The molecule has 0 unspecified atom stereocenters. The van der Waals surface area contributed by atoms with E-state index in [2.05, 4.69) is 12.1 Å². The number of ether oxygens (including phenoxy) is 1. The fourth-order valence-corrected chi connectivity index (χ4v) is 2.80. The lowest BCUT2D eigenvalue weighted by molar-refractivity contribution is 0.0472. The van der Waals surface area contributed by atoms with Crippen LogP contribution >= 0.6 is 0 Å². The van der Waals surface area contributed by atoms with Crippen LogP contribution in [0.1, 0.15) is 39.0 Å². The van der Waals surface area contributed by atoms with Crippen LogP contribution in [0, 0.1) is 6.92 Å². The van der Waals surface area contributed by atoms with Gasteiger partial charge in [-0.05, 0) is 60.6 Å². The van der Waals surface area contributed by atoms with Crippen molar-refractivity contribution in [3.05, 3.63) is 64.2 Å². The third-order valence-corrected chi connectivity index (χ3v) is 4.01. The number of hydrogen-bond donors (Lipinski definition) is 1. The number of rotatable bonds is 3. The minimum atomic E-state index is -0.319. The van der Waals surface area contributed by atoms with Gasteiger partial charge in [-0.3, -0.25) is 0 Å². The van der Waals surface area contributed by atoms with Crippen LogP contribution in [0.5, 0.6) is 0 Å². The number of nitrogen functional groups attached to an aromatic ring is 1. The Morgan fingerprint density at radius 1 is 1.14 bits per heavy atom. The molecule has 108 valence electrons.